The molecule has 104 valence electrons. The van der Waals surface area contributed by atoms with Gasteiger partial charge in [0.05, 0.1) is 18.8 Å². The van der Waals surface area contributed by atoms with E-state index in [4.69, 9.17) is 9.63 Å². The van der Waals surface area contributed by atoms with Crippen LogP contribution in [-0.4, -0.2) is 28.9 Å². The van der Waals surface area contributed by atoms with Gasteiger partial charge in [0.25, 0.3) is 10.0 Å². The minimum absolute atomic E-state index is 0.0278. The Bertz CT molecular complexity index is 674. The molecule has 0 aliphatic heterocycles. The van der Waals surface area contributed by atoms with Gasteiger partial charge >= 0.3 is 0 Å². The molecule has 8 nitrogen and oxygen atoms in total. The number of sulfonamides is 1. The summed E-state index contributed by atoms with van der Waals surface area (Å²) in [6.45, 7) is 2.94. The number of H-pyrrole nitrogens is 1. The van der Waals surface area contributed by atoms with E-state index in [1.165, 1.54) is 0 Å². The average Bonchev–Trinajstić information content (AvgIpc) is 2.93. The number of nitrogens with one attached hydrogen (secondary N) is 2. The molecule has 0 bridgehead atoms. The van der Waals surface area contributed by atoms with Gasteiger partial charge in [0.2, 0.25) is 0 Å². The van der Waals surface area contributed by atoms with Gasteiger partial charge < -0.3 is 9.63 Å². The monoisotopic (exact) mass is 286 g/mol. The number of aliphatic hydroxyl groups excluding tert-OH is 1. The molecule has 0 radical (unpaired) electrons. The van der Waals surface area contributed by atoms with E-state index in [1.807, 2.05) is 0 Å². The number of rotatable bonds is 5. The van der Waals surface area contributed by atoms with Crippen LogP contribution in [0.15, 0.2) is 15.6 Å². The fourth-order valence-corrected chi connectivity index (χ4v) is 2.75. The van der Waals surface area contributed by atoms with Gasteiger partial charge in [0.1, 0.15) is 0 Å². The quantitative estimate of drug-likeness (QED) is 0.710. The Kier molecular flexibility index (Phi) is 3.69. The minimum Gasteiger partial charge on any atom is -0.392 e. The third-order valence-electron chi connectivity index (χ3n) is 2.56. The van der Waals surface area contributed by atoms with Crippen molar-refractivity contribution in [3.8, 4) is 0 Å². The third kappa shape index (κ3) is 2.83. The minimum atomic E-state index is -3.81. The summed E-state index contributed by atoms with van der Waals surface area (Å²) in [6, 6.07) is 1.63. The van der Waals surface area contributed by atoms with Crippen LogP contribution in [0.25, 0.3) is 0 Å². The lowest BCUT2D eigenvalue weighted by Crippen LogP contribution is -2.24. The van der Waals surface area contributed by atoms with Gasteiger partial charge in [0.15, 0.2) is 10.8 Å². The molecule has 2 aromatic heterocycles. The number of nitrogens with zero attached hydrogens (tertiary/aromatic N) is 2. The van der Waals surface area contributed by atoms with Crippen LogP contribution in [0, 0.1) is 13.8 Å². The zero-order valence-electron chi connectivity index (χ0n) is 10.5. The lowest BCUT2D eigenvalue weighted by Gasteiger charge is -2.03. The van der Waals surface area contributed by atoms with Crippen LogP contribution in [0.4, 0.5) is 0 Å². The summed E-state index contributed by atoms with van der Waals surface area (Å²) in [7, 11) is -3.81. The van der Waals surface area contributed by atoms with Crippen LogP contribution >= 0.6 is 0 Å². The largest absolute Gasteiger partial charge is 0.392 e. The summed E-state index contributed by atoms with van der Waals surface area (Å²) < 4.78 is 31.3. The average molecular weight is 286 g/mol. The van der Waals surface area contributed by atoms with Crippen LogP contribution in [0.3, 0.4) is 0 Å². The molecule has 0 unspecified atom stereocenters. The number of aliphatic hydroxyl groups is 1. The number of aromatic amines is 1. The van der Waals surface area contributed by atoms with Gasteiger partial charge in [-0.25, -0.2) is 13.1 Å². The summed E-state index contributed by atoms with van der Waals surface area (Å²) in [6.07, 6.45) is 0. The highest BCUT2D eigenvalue weighted by Gasteiger charge is 2.23. The molecule has 2 aromatic rings. The molecule has 0 saturated carbocycles. The van der Waals surface area contributed by atoms with Gasteiger partial charge in [-0.05, 0) is 13.8 Å². The number of hydrogen-bond donors (Lipinski definition) is 3. The van der Waals surface area contributed by atoms with E-state index in [1.54, 1.807) is 19.9 Å². The Morgan fingerprint density at radius 1 is 1.47 bits per heavy atom. The summed E-state index contributed by atoms with van der Waals surface area (Å²) in [4.78, 5) is 0. The molecule has 0 spiro atoms. The summed E-state index contributed by atoms with van der Waals surface area (Å²) in [5, 5.41) is 18.8. The highest BCUT2D eigenvalue weighted by atomic mass is 32.2. The Morgan fingerprint density at radius 2 is 2.21 bits per heavy atom. The maximum atomic E-state index is 12.0. The molecule has 19 heavy (non-hydrogen) atoms. The first kappa shape index (κ1) is 13.7. The van der Waals surface area contributed by atoms with Gasteiger partial charge in [0, 0.05) is 17.3 Å². The zero-order valence-corrected chi connectivity index (χ0v) is 11.3. The van der Waals surface area contributed by atoms with Crippen LogP contribution in [0.5, 0.6) is 0 Å². The molecule has 3 N–H and O–H groups in total. The lowest BCUT2D eigenvalue weighted by atomic mass is 10.3. The van der Waals surface area contributed by atoms with Gasteiger partial charge in [-0.15, -0.1) is 0 Å². The fraction of sp³-hybridized carbons (Fsp3) is 0.400. The predicted molar refractivity (Wildman–Crippen MR) is 64.5 cm³/mol. The maximum absolute atomic E-state index is 12.0. The van der Waals surface area contributed by atoms with E-state index in [9.17, 15) is 8.42 Å². The fourth-order valence-electron chi connectivity index (χ4n) is 1.57. The van der Waals surface area contributed by atoms with Gasteiger partial charge in [-0.2, -0.15) is 5.10 Å². The molecule has 2 heterocycles. The van der Waals surface area contributed by atoms with Crippen molar-refractivity contribution in [2.75, 3.05) is 0 Å². The van der Waals surface area contributed by atoms with Crippen molar-refractivity contribution < 1.29 is 18.0 Å². The van der Waals surface area contributed by atoms with E-state index in [2.05, 4.69) is 20.1 Å². The summed E-state index contributed by atoms with van der Waals surface area (Å²) in [5.74, 6) is 0.402. The van der Waals surface area contributed by atoms with E-state index < -0.39 is 16.6 Å². The van der Waals surface area contributed by atoms with E-state index >= 15 is 0 Å². The Hall–Kier alpha value is -1.71. The summed E-state index contributed by atoms with van der Waals surface area (Å²) >= 11 is 0. The second-order valence-electron chi connectivity index (χ2n) is 4.05. The van der Waals surface area contributed by atoms with Crippen molar-refractivity contribution in [3.63, 3.8) is 0 Å². The zero-order chi connectivity index (χ0) is 14.0. The van der Waals surface area contributed by atoms with E-state index in [0.717, 1.165) is 0 Å². The second kappa shape index (κ2) is 5.11. The molecule has 0 atom stereocenters. The van der Waals surface area contributed by atoms with Crippen LogP contribution in [0.2, 0.25) is 0 Å². The van der Waals surface area contributed by atoms with Gasteiger partial charge in [-0.1, -0.05) is 5.16 Å². The smallest absolute Gasteiger partial charge is 0.260 e. The molecule has 0 fully saturated rings. The molecular weight excluding hydrogens is 272 g/mol. The second-order valence-corrected chi connectivity index (χ2v) is 5.73. The van der Waals surface area contributed by atoms with Crippen LogP contribution in [-0.2, 0) is 23.2 Å². The third-order valence-corrected chi connectivity index (χ3v) is 3.93. The van der Waals surface area contributed by atoms with Crippen molar-refractivity contribution in [3.05, 3.63) is 28.8 Å². The van der Waals surface area contributed by atoms with E-state index in [0.29, 0.717) is 17.1 Å². The number of hydrogen-bond acceptors (Lipinski definition) is 6. The molecule has 0 amide bonds. The topological polar surface area (TPSA) is 121 Å². The molecule has 0 aliphatic rings. The molecule has 2 rings (SSSR count). The Labute approximate surface area is 109 Å². The standard InChI is InChI=1S/C10H14N4O4S/c1-6-3-8(18-14-6)4-11-19(16,17)10-9(5-15)7(2)12-13-10/h3,11,15H,4-5H2,1-2H3,(H,12,13). The molecule has 9 heteroatoms. The first-order chi connectivity index (χ1) is 8.94. The molecule has 0 aromatic carbocycles. The first-order valence-corrected chi connectivity index (χ1v) is 6.99. The molecular formula is C10H14N4O4S. The predicted octanol–water partition coefficient (Wildman–Crippen LogP) is -0.0147. The van der Waals surface area contributed by atoms with Crippen LogP contribution < -0.4 is 4.72 Å². The van der Waals surface area contributed by atoms with Crippen LogP contribution in [0.1, 0.15) is 22.7 Å². The lowest BCUT2D eigenvalue weighted by molar-refractivity contribution is 0.277. The first-order valence-electron chi connectivity index (χ1n) is 5.50. The highest BCUT2D eigenvalue weighted by molar-refractivity contribution is 7.89. The molecule has 0 aliphatic carbocycles. The Morgan fingerprint density at radius 3 is 2.79 bits per heavy atom. The molecule has 0 saturated heterocycles. The van der Waals surface area contributed by atoms with Crippen molar-refractivity contribution in [1.82, 2.24) is 20.1 Å². The number of aryl methyl sites for hydroxylation is 2. The number of aromatic nitrogens is 3. The maximum Gasteiger partial charge on any atom is 0.260 e. The SMILES string of the molecule is Cc1cc(CNS(=O)(=O)c2n[nH]c(C)c2CO)on1. The van der Waals surface area contributed by atoms with Crippen molar-refractivity contribution >= 4 is 10.0 Å². The van der Waals surface area contributed by atoms with Gasteiger partial charge in [-0.3, -0.25) is 5.10 Å². The Balaban J connectivity index is 2.18. The van der Waals surface area contributed by atoms with Crippen molar-refractivity contribution in [1.29, 1.82) is 0 Å². The highest BCUT2D eigenvalue weighted by Crippen LogP contribution is 2.16. The summed E-state index contributed by atoms with van der Waals surface area (Å²) in [5.41, 5.74) is 1.43. The normalized spacial score (nSPS) is 11.9. The van der Waals surface area contributed by atoms with Crippen molar-refractivity contribution in [2.24, 2.45) is 0 Å². The van der Waals surface area contributed by atoms with Crippen molar-refractivity contribution in [2.45, 2.75) is 32.0 Å². The van der Waals surface area contributed by atoms with E-state index in [-0.39, 0.29) is 17.1 Å².